The molecule has 4 rings (SSSR count). The number of fused-ring (bicyclic) bond motifs is 3. The smallest absolute Gasteiger partial charge is 0.196 e. The molecule has 0 radical (unpaired) electrons. The maximum absolute atomic E-state index is 6.20. The average Bonchev–Trinajstić information content (AvgIpc) is 2.94. The van der Waals surface area contributed by atoms with E-state index >= 15 is 0 Å². The minimum atomic E-state index is 0.514. The number of guanidine groups is 1. The lowest BCUT2D eigenvalue weighted by atomic mass is 10.0. The van der Waals surface area contributed by atoms with Crippen LogP contribution in [0.1, 0.15) is 11.3 Å². The lowest BCUT2D eigenvalue weighted by molar-refractivity contribution is 0.386. The predicted octanol–water partition coefficient (Wildman–Crippen LogP) is 4.48. The van der Waals surface area contributed by atoms with Gasteiger partial charge in [0.25, 0.3) is 0 Å². The van der Waals surface area contributed by atoms with Gasteiger partial charge in [0, 0.05) is 33.2 Å². The molecule has 1 aliphatic heterocycles. The molecule has 0 saturated carbocycles. The molecule has 24 heavy (non-hydrogen) atoms. The summed E-state index contributed by atoms with van der Waals surface area (Å²) < 4.78 is 0. The lowest BCUT2D eigenvalue weighted by Crippen LogP contribution is -2.40. The summed E-state index contributed by atoms with van der Waals surface area (Å²) in [6.07, 6.45) is 0.909. The fourth-order valence-corrected chi connectivity index (χ4v) is 3.43. The van der Waals surface area contributed by atoms with Gasteiger partial charge in [0.1, 0.15) is 0 Å². The maximum Gasteiger partial charge on any atom is 0.196 e. The second-order valence-corrected chi connectivity index (χ2v) is 6.76. The summed E-state index contributed by atoms with van der Waals surface area (Å²) in [4.78, 5) is 10.0. The highest BCUT2D eigenvalue weighted by Gasteiger charge is 2.21. The molecule has 2 heterocycles. The standard InChI is InChI=1S/C18H16Cl2N4/c19-11-1-4-13(5-2-11)22-18(21)24-8-7-14-15-9-12(20)3-6-16(15)23-17(14)10-24/h1-6,9,23H,7-8,10H2,(H2,21,22). The molecule has 0 bridgehead atoms. The number of rotatable bonds is 1. The normalized spacial score (nSPS) is 14.9. The molecule has 0 fully saturated rings. The Morgan fingerprint density at radius 1 is 1.08 bits per heavy atom. The number of aromatic nitrogens is 1. The number of nitrogens with zero attached hydrogens (tertiary/aromatic N) is 2. The predicted molar refractivity (Wildman–Crippen MR) is 100 cm³/mol. The van der Waals surface area contributed by atoms with Crippen LogP contribution in [0.2, 0.25) is 10.0 Å². The first-order valence-corrected chi connectivity index (χ1v) is 8.49. The molecule has 1 aliphatic rings. The molecule has 0 aliphatic carbocycles. The van der Waals surface area contributed by atoms with Gasteiger partial charge < -0.3 is 15.6 Å². The van der Waals surface area contributed by atoms with E-state index in [0.29, 0.717) is 17.5 Å². The lowest BCUT2D eigenvalue weighted by Gasteiger charge is -2.27. The van der Waals surface area contributed by atoms with Crippen molar-refractivity contribution in [3.05, 3.63) is 63.8 Å². The number of nitrogens with one attached hydrogen (secondary N) is 1. The van der Waals surface area contributed by atoms with Gasteiger partial charge in [0.15, 0.2) is 5.96 Å². The third-order valence-corrected chi connectivity index (χ3v) is 4.82. The summed E-state index contributed by atoms with van der Waals surface area (Å²) >= 11 is 12.0. The van der Waals surface area contributed by atoms with Crippen LogP contribution in [0.3, 0.4) is 0 Å². The Balaban J connectivity index is 1.61. The molecule has 3 N–H and O–H groups in total. The number of halogens is 2. The summed E-state index contributed by atoms with van der Waals surface area (Å²) in [5.41, 5.74) is 10.6. The Hall–Kier alpha value is -2.17. The second-order valence-electron chi connectivity index (χ2n) is 5.89. The van der Waals surface area contributed by atoms with Gasteiger partial charge >= 0.3 is 0 Å². The van der Waals surface area contributed by atoms with Crippen LogP contribution in [-0.4, -0.2) is 22.4 Å². The molecule has 122 valence electrons. The number of aromatic amines is 1. The van der Waals surface area contributed by atoms with Crippen LogP contribution in [0, 0.1) is 0 Å². The monoisotopic (exact) mass is 358 g/mol. The molecule has 6 heteroatoms. The van der Waals surface area contributed by atoms with Crippen molar-refractivity contribution in [3.8, 4) is 0 Å². The number of benzene rings is 2. The zero-order chi connectivity index (χ0) is 16.7. The van der Waals surface area contributed by atoms with E-state index in [9.17, 15) is 0 Å². The maximum atomic E-state index is 6.20. The topological polar surface area (TPSA) is 57.4 Å². The van der Waals surface area contributed by atoms with Gasteiger partial charge in [-0.3, -0.25) is 0 Å². The van der Waals surface area contributed by atoms with Crippen molar-refractivity contribution in [2.24, 2.45) is 10.7 Å². The van der Waals surface area contributed by atoms with Crippen LogP contribution < -0.4 is 5.73 Å². The van der Waals surface area contributed by atoms with Gasteiger partial charge in [-0.1, -0.05) is 23.2 Å². The van der Waals surface area contributed by atoms with Crippen LogP contribution >= 0.6 is 23.2 Å². The molecular weight excluding hydrogens is 343 g/mol. The third kappa shape index (κ3) is 2.83. The zero-order valence-corrected chi connectivity index (χ0v) is 14.4. The number of nitrogens with two attached hydrogens (primary N) is 1. The number of hydrogen-bond acceptors (Lipinski definition) is 1. The Bertz CT molecular complexity index is 928. The quantitative estimate of drug-likeness (QED) is 0.497. The summed E-state index contributed by atoms with van der Waals surface area (Å²) in [6, 6.07) is 13.3. The van der Waals surface area contributed by atoms with Crippen LogP contribution in [0.25, 0.3) is 10.9 Å². The zero-order valence-electron chi connectivity index (χ0n) is 12.9. The number of H-pyrrole nitrogens is 1. The Morgan fingerprint density at radius 3 is 2.62 bits per heavy atom. The van der Waals surface area contributed by atoms with Crippen LogP contribution in [-0.2, 0) is 13.0 Å². The average molecular weight is 359 g/mol. The van der Waals surface area contributed by atoms with E-state index < -0.39 is 0 Å². The third-order valence-electron chi connectivity index (χ3n) is 4.33. The summed E-state index contributed by atoms with van der Waals surface area (Å²) in [6.45, 7) is 1.54. The van der Waals surface area contributed by atoms with Crippen molar-refractivity contribution in [2.75, 3.05) is 6.54 Å². The van der Waals surface area contributed by atoms with Crippen molar-refractivity contribution in [3.63, 3.8) is 0 Å². The van der Waals surface area contributed by atoms with Crippen molar-refractivity contribution in [1.82, 2.24) is 9.88 Å². The largest absolute Gasteiger partial charge is 0.369 e. The Kier molecular flexibility index (Phi) is 3.87. The molecule has 1 aromatic heterocycles. The minimum Gasteiger partial charge on any atom is -0.369 e. The van der Waals surface area contributed by atoms with Crippen molar-refractivity contribution < 1.29 is 0 Å². The van der Waals surface area contributed by atoms with Gasteiger partial charge in [-0.05, 0) is 54.4 Å². The van der Waals surface area contributed by atoms with E-state index in [4.69, 9.17) is 28.9 Å². The Morgan fingerprint density at radius 2 is 1.83 bits per heavy atom. The SMILES string of the molecule is NC(=Nc1ccc(Cl)cc1)N1CCc2c([nH]c3ccc(Cl)cc23)C1. The highest BCUT2D eigenvalue weighted by Crippen LogP contribution is 2.29. The van der Waals surface area contributed by atoms with Crippen molar-refractivity contribution >= 4 is 45.8 Å². The summed E-state index contributed by atoms with van der Waals surface area (Å²) in [5, 5.41) is 2.65. The van der Waals surface area contributed by atoms with Crippen molar-refractivity contribution in [1.29, 1.82) is 0 Å². The molecule has 0 atom stereocenters. The molecule has 3 aromatic rings. The fourth-order valence-electron chi connectivity index (χ4n) is 3.13. The molecule has 0 unspecified atom stereocenters. The molecular formula is C18H16Cl2N4. The first-order chi connectivity index (χ1) is 11.6. The van der Waals surface area contributed by atoms with Crippen LogP contribution in [0.5, 0.6) is 0 Å². The fraction of sp³-hybridized carbons (Fsp3) is 0.167. The second kappa shape index (κ2) is 6.04. The number of aliphatic imine (C=N–C) groups is 1. The van der Waals surface area contributed by atoms with E-state index in [2.05, 4.69) is 14.9 Å². The number of hydrogen-bond donors (Lipinski definition) is 2. The van der Waals surface area contributed by atoms with E-state index in [1.165, 1.54) is 16.6 Å². The van der Waals surface area contributed by atoms with Gasteiger partial charge in [0.05, 0.1) is 12.2 Å². The first-order valence-electron chi connectivity index (χ1n) is 7.74. The highest BCUT2D eigenvalue weighted by molar-refractivity contribution is 6.31. The van der Waals surface area contributed by atoms with E-state index in [0.717, 1.165) is 29.2 Å². The molecule has 0 spiro atoms. The minimum absolute atomic E-state index is 0.514. The molecule has 0 amide bonds. The molecule has 4 nitrogen and oxygen atoms in total. The van der Waals surface area contributed by atoms with Gasteiger partial charge in [-0.25, -0.2) is 4.99 Å². The highest BCUT2D eigenvalue weighted by atomic mass is 35.5. The summed E-state index contributed by atoms with van der Waals surface area (Å²) in [5.74, 6) is 0.514. The molecule has 0 saturated heterocycles. The van der Waals surface area contributed by atoms with Gasteiger partial charge in [-0.15, -0.1) is 0 Å². The van der Waals surface area contributed by atoms with E-state index in [1.807, 2.05) is 42.5 Å². The Labute approximate surface area is 149 Å². The van der Waals surface area contributed by atoms with Gasteiger partial charge in [0.2, 0.25) is 0 Å². The van der Waals surface area contributed by atoms with Crippen LogP contribution in [0.15, 0.2) is 47.5 Å². The summed E-state index contributed by atoms with van der Waals surface area (Å²) in [7, 11) is 0. The van der Waals surface area contributed by atoms with E-state index in [1.54, 1.807) is 0 Å². The van der Waals surface area contributed by atoms with Crippen molar-refractivity contribution in [2.45, 2.75) is 13.0 Å². The first kappa shape index (κ1) is 15.4. The van der Waals surface area contributed by atoms with Gasteiger partial charge in [-0.2, -0.15) is 0 Å². The van der Waals surface area contributed by atoms with E-state index in [-0.39, 0.29) is 0 Å². The van der Waals surface area contributed by atoms with Crippen LogP contribution in [0.4, 0.5) is 5.69 Å². The molecule has 2 aromatic carbocycles.